The van der Waals surface area contributed by atoms with E-state index in [2.05, 4.69) is 137 Å². The molecule has 3 aromatic carbocycles. The van der Waals surface area contributed by atoms with Crippen LogP contribution in [0.4, 0.5) is 5.69 Å². The fourth-order valence-electron chi connectivity index (χ4n) is 6.18. The van der Waals surface area contributed by atoms with Gasteiger partial charge in [-0.15, -0.1) is 0 Å². The Bertz CT molecular complexity index is 1150. The van der Waals surface area contributed by atoms with Crippen LogP contribution in [0.15, 0.2) is 116 Å². The first kappa shape index (κ1) is 32.3. The third kappa shape index (κ3) is 7.56. The Labute approximate surface area is 253 Å². The predicted octanol–water partition coefficient (Wildman–Crippen LogP) is 3.48. The van der Waals surface area contributed by atoms with Crippen molar-refractivity contribution in [2.75, 3.05) is 37.6 Å². The van der Waals surface area contributed by atoms with Crippen LogP contribution < -0.4 is 21.9 Å². The lowest BCUT2D eigenvalue weighted by Crippen LogP contribution is -3.00. The summed E-state index contributed by atoms with van der Waals surface area (Å²) in [5, 5.41) is 0. The molecule has 1 saturated heterocycles. The highest BCUT2D eigenvalue weighted by Gasteiger charge is 2.45. The summed E-state index contributed by atoms with van der Waals surface area (Å²) in [5.41, 5.74) is 4.61. The average Bonchev–Trinajstić information content (AvgIpc) is 3.02. The Morgan fingerprint density at radius 1 is 0.585 bits per heavy atom. The highest BCUT2D eigenvalue weighted by Crippen LogP contribution is 2.36. The number of rotatable bonds is 12. The van der Waals surface area contributed by atoms with E-state index in [1.165, 1.54) is 67.4 Å². The van der Waals surface area contributed by atoms with E-state index in [0.717, 1.165) is 26.2 Å². The molecule has 0 spiro atoms. The molecule has 4 aromatic rings. The minimum atomic E-state index is -0.460. The SMILES string of the molecule is CCCCCCCCN1CCN(c2cc[n+](C(c3ccccc3)(c3ccccc3)c3ccccc3)cc2)CC1.O.[Cl-]. The van der Waals surface area contributed by atoms with E-state index in [4.69, 9.17) is 0 Å². The molecule has 0 saturated carbocycles. The molecule has 4 nitrogen and oxygen atoms in total. The molecular weight excluding hydrogens is 526 g/mol. The van der Waals surface area contributed by atoms with Crippen LogP contribution in [-0.2, 0) is 5.54 Å². The van der Waals surface area contributed by atoms with Gasteiger partial charge in [0.15, 0.2) is 12.4 Å². The minimum absolute atomic E-state index is 0. The third-order valence-corrected chi connectivity index (χ3v) is 8.34. The van der Waals surface area contributed by atoms with Crippen LogP contribution in [0.3, 0.4) is 0 Å². The molecule has 5 heteroatoms. The molecule has 5 rings (SSSR count). The van der Waals surface area contributed by atoms with Crippen molar-refractivity contribution in [2.45, 2.75) is 51.0 Å². The standard InChI is InChI=1S/C36H44N3.ClH.H2O/c1-2-3-4-5-6-16-25-37-28-30-38(31-29-37)35-23-26-39(27-24-35)36(32-17-10-7-11-18-32,33-19-12-8-13-20-33)34-21-14-9-15-22-34;;/h7-15,17-24,26-27H,2-6,16,25,28-31H2,1H3;1H;1H2/q+1;;/p-1. The van der Waals surface area contributed by atoms with Crippen molar-refractivity contribution >= 4 is 5.69 Å². The molecule has 1 fully saturated rings. The summed E-state index contributed by atoms with van der Waals surface area (Å²) < 4.78 is 2.39. The maximum Gasteiger partial charge on any atom is 0.243 e. The minimum Gasteiger partial charge on any atom is -1.00 e. The van der Waals surface area contributed by atoms with Gasteiger partial charge in [0, 0.05) is 60.7 Å². The number of piperazine rings is 1. The second kappa shape index (κ2) is 16.3. The topological polar surface area (TPSA) is 41.9 Å². The Balaban J connectivity index is 0.00000231. The zero-order valence-electron chi connectivity index (χ0n) is 24.5. The molecule has 1 aliphatic rings. The molecule has 41 heavy (non-hydrogen) atoms. The summed E-state index contributed by atoms with van der Waals surface area (Å²) in [6, 6.07) is 37.3. The number of unbranched alkanes of at least 4 members (excludes halogenated alkanes) is 5. The van der Waals surface area contributed by atoms with Gasteiger partial charge in [0.25, 0.3) is 0 Å². The number of halogens is 1. The van der Waals surface area contributed by atoms with Crippen LogP contribution in [0, 0.1) is 0 Å². The second-order valence-corrected chi connectivity index (χ2v) is 10.9. The van der Waals surface area contributed by atoms with E-state index in [0.29, 0.717) is 0 Å². The fraction of sp³-hybridized carbons (Fsp3) is 0.361. The van der Waals surface area contributed by atoms with Crippen molar-refractivity contribution in [1.29, 1.82) is 0 Å². The van der Waals surface area contributed by atoms with E-state index < -0.39 is 5.54 Å². The first-order valence-corrected chi connectivity index (χ1v) is 15.0. The van der Waals surface area contributed by atoms with E-state index in [-0.39, 0.29) is 17.9 Å². The third-order valence-electron chi connectivity index (χ3n) is 8.34. The number of pyridine rings is 1. The number of anilines is 1. The Morgan fingerprint density at radius 2 is 1.02 bits per heavy atom. The van der Waals surface area contributed by atoms with Gasteiger partial charge in [0.05, 0.1) is 0 Å². The summed E-state index contributed by atoms with van der Waals surface area (Å²) in [5.74, 6) is 0. The zero-order chi connectivity index (χ0) is 26.8. The van der Waals surface area contributed by atoms with Crippen LogP contribution >= 0.6 is 0 Å². The van der Waals surface area contributed by atoms with Gasteiger partial charge >= 0.3 is 0 Å². The molecule has 0 bridgehead atoms. The summed E-state index contributed by atoms with van der Waals surface area (Å²) in [4.78, 5) is 5.21. The molecular formula is C36H46ClN3O. The normalized spacial score (nSPS) is 13.7. The van der Waals surface area contributed by atoms with Crippen molar-refractivity contribution in [3.8, 4) is 0 Å². The molecule has 0 atom stereocenters. The largest absolute Gasteiger partial charge is 1.00 e. The number of hydrogen-bond donors (Lipinski definition) is 0. The monoisotopic (exact) mass is 571 g/mol. The number of nitrogens with zero attached hydrogens (tertiary/aromatic N) is 3. The van der Waals surface area contributed by atoms with Crippen molar-refractivity contribution in [3.63, 3.8) is 0 Å². The van der Waals surface area contributed by atoms with Crippen LogP contribution in [0.2, 0.25) is 0 Å². The Kier molecular flexibility index (Phi) is 12.9. The zero-order valence-corrected chi connectivity index (χ0v) is 25.2. The molecule has 218 valence electrons. The van der Waals surface area contributed by atoms with E-state index >= 15 is 0 Å². The van der Waals surface area contributed by atoms with Gasteiger partial charge in [-0.05, 0) is 13.0 Å². The predicted molar refractivity (Wildman–Crippen MR) is 167 cm³/mol. The summed E-state index contributed by atoms with van der Waals surface area (Å²) in [6.07, 6.45) is 12.8. The van der Waals surface area contributed by atoms with Crippen molar-refractivity contribution < 1.29 is 22.5 Å². The summed E-state index contributed by atoms with van der Waals surface area (Å²) >= 11 is 0. The molecule has 0 unspecified atom stereocenters. The van der Waals surface area contributed by atoms with E-state index in [1.807, 2.05) is 0 Å². The Morgan fingerprint density at radius 3 is 1.49 bits per heavy atom. The quantitative estimate of drug-likeness (QED) is 0.148. The molecule has 1 aliphatic heterocycles. The highest BCUT2D eigenvalue weighted by atomic mass is 35.5. The highest BCUT2D eigenvalue weighted by molar-refractivity contribution is 5.48. The van der Waals surface area contributed by atoms with Gasteiger partial charge in [-0.3, -0.25) is 4.90 Å². The van der Waals surface area contributed by atoms with Gasteiger partial charge in [-0.25, -0.2) is 0 Å². The maximum absolute atomic E-state index is 2.66. The van der Waals surface area contributed by atoms with Gasteiger partial charge in [-0.2, -0.15) is 4.57 Å². The van der Waals surface area contributed by atoms with Crippen LogP contribution in [0.25, 0.3) is 0 Å². The first-order chi connectivity index (χ1) is 19.3. The van der Waals surface area contributed by atoms with Gasteiger partial charge < -0.3 is 22.8 Å². The van der Waals surface area contributed by atoms with Crippen LogP contribution in [0.5, 0.6) is 0 Å². The van der Waals surface area contributed by atoms with Crippen LogP contribution in [-0.4, -0.2) is 43.1 Å². The molecule has 0 radical (unpaired) electrons. The Hall–Kier alpha value is -3.18. The van der Waals surface area contributed by atoms with Gasteiger partial charge in [0.1, 0.15) is 0 Å². The molecule has 1 aromatic heterocycles. The van der Waals surface area contributed by atoms with Gasteiger partial charge in [-0.1, -0.05) is 130 Å². The van der Waals surface area contributed by atoms with Crippen molar-refractivity contribution in [3.05, 3.63) is 132 Å². The average molecular weight is 572 g/mol. The lowest BCUT2D eigenvalue weighted by atomic mass is 9.76. The smallest absolute Gasteiger partial charge is 0.243 e. The van der Waals surface area contributed by atoms with E-state index in [1.54, 1.807) is 0 Å². The molecule has 0 aliphatic carbocycles. The first-order valence-electron chi connectivity index (χ1n) is 15.0. The number of hydrogen-bond acceptors (Lipinski definition) is 2. The fourth-order valence-corrected chi connectivity index (χ4v) is 6.18. The second-order valence-electron chi connectivity index (χ2n) is 10.9. The molecule has 0 amide bonds. The van der Waals surface area contributed by atoms with Crippen molar-refractivity contribution in [1.82, 2.24) is 4.90 Å². The molecule has 2 N–H and O–H groups in total. The van der Waals surface area contributed by atoms with E-state index in [9.17, 15) is 0 Å². The summed E-state index contributed by atoms with van der Waals surface area (Å²) in [6.45, 7) is 8.06. The lowest BCUT2D eigenvalue weighted by Gasteiger charge is -2.36. The lowest BCUT2D eigenvalue weighted by molar-refractivity contribution is -0.734. The summed E-state index contributed by atoms with van der Waals surface area (Å²) in [7, 11) is 0. The number of benzene rings is 3. The van der Waals surface area contributed by atoms with Crippen LogP contribution in [0.1, 0.15) is 62.1 Å². The maximum atomic E-state index is 2.66. The van der Waals surface area contributed by atoms with Gasteiger partial charge in [0.2, 0.25) is 5.54 Å². The number of aromatic nitrogens is 1. The molecule has 2 heterocycles. The van der Waals surface area contributed by atoms with Crippen molar-refractivity contribution in [2.24, 2.45) is 0 Å².